The van der Waals surface area contributed by atoms with Crippen molar-refractivity contribution in [2.75, 3.05) is 40.3 Å². The summed E-state index contributed by atoms with van der Waals surface area (Å²) in [5, 5.41) is 12.9. The highest BCUT2D eigenvalue weighted by atomic mass is 19.1. The number of aliphatic hydroxyl groups excluding tert-OH is 1. The molecule has 1 aromatic carbocycles. The van der Waals surface area contributed by atoms with Gasteiger partial charge >= 0.3 is 0 Å². The van der Waals surface area contributed by atoms with Crippen molar-refractivity contribution in [2.24, 2.45) is 0 Å². The lowest BCUT2D eigenvalue weighted by Crippen LogP contribution is -2.31. The number of ether oxygens (including phenoxy) is 1. The summed E-state index contributed by atoms with van der Waals surface area (Å²) in [7, 11) is 4.12. The van der Waals surface area contributed by atoms with Crippen LogP contribution in [0.2, 0.25) is 0 Å². The molecule has 1 aromatic rings. The topological polar surface area (TPSA) is 44.7 Å². The van der Waals surface area contributed by atoms with Gasteiger partial charge in [-0.05, 0) is 46.1 Å². The predicted octanol–water partition coefficient (Wildman–Crippen LogP) is 1.63. The van der Waals surface area contributed by atoms with Crippen molar-refractivity contribution >= 4 is 0 Å². The van der Waals surface area contributed by atoms with Crippen molar-refractivity contribution in [2.45, 2.75) is 25.6 Å². The Morgan fingerprint density at radius 1 is 1.29 bits per heavy atom. The SMILES string of the molecule is CN(C)CCCCNCC(O)COCc1ccccc1F. The van der Waals surface area contributed by atoms with Crippen LogP contribution in [-0.4, -0.2) is 56.4 Å². The Kier molecular flexibility index (Phi) is 9.17. The first-order valence-corrected chi connectivity index (χ1v) is 7.44. The van der Waals surface area contributed by atoms with Crippen LogP contribution in [0.15, 0.2) is 24.3 Å². The first-order valence-electron chi connectivity index (χ1n) is 7.44. The molecule has 0 saturated heterocycles. The molecule has 0 aromatic heterocycles. The quantitative estimate of drug-likeness (QED) is 0.610. The Morgan fingerprint density at radius 2 is 2.05 bits per heavy atom. The summed E-state index contributed by atoms with van der Waals surface area (Å²) in [6, 6.07) is 6.51. The normalized spacial score (nSPS) is 12.8. The molecular weight excluding hydrogens is 271 g/mol. The summed E-state index contributed by atoms with van der Waals surface area (Å²) in [6.45, 7) is 2.86. The molecule has 0 spiro atoms. The van der Waals surface area contributed by atoms with E-state index < -0.39 is 6.10 Å². The molecule has 120 valence electrons. The minimum Gasteiger partial charge on any atom is -0.389 e. The first kappa shape index (κ1) is 18.0. The molecule has 0 aliphatic rings. The van der Waals surface area contributed by atoms with Gasteiger partial charge in [-0.15, -0.1) is 0 Å². The van der Waals surface area contributed by atoms with Gasteiger partial charge in [0, 0.05) is 12.1 Å². The molecule has 0 aliphatic heterocycles. The predicted molar refractivity (Wildman–Crippen MR) is 82.7 cm³/mol. The molecule has 5 heteroatoms. The maximum Gasteiger partial charge on any atom is 0.128 e. The van der Waals surface area contributed by atoms with Crippen LogP contribution in [-0.2, 0) is 11.3 Å². The number of benzene rings is 1. The lowest BCUT2D eigenvalue weighted by Gasteiger charge is -2.13. The lowest BCUT2D eigenvalue weighted by molar-refractivity contribution is 0.0279. The van der Waals surface area contributed by atoms with Crippen LogP contribution in [0.25, 0.3) is 0 Å². The fourth-order valence-electron chi connectivity index (χ4n) is 1.93. The van der Waals surface area contributed by atoms with Crippen LogP contribution in [0.3, 0.4) is 0 Å². The number of unbranched alkanes of at least 4 members (excludes halogenated alkanes) is 1. The van der Waals surface area contributed by atoms with Crippen molar-refractivity contribution < 1.29 is 14.2 Å². The second-order valence-corrected chi connectivity index (χ2v) is 5.47. The molecule has 0 fully saturated rings. The van der Waals surface area contributed by atoms with E-state index in [2.05, 4.69) is 24.3 Å². The molecule has 1 unspecified atom stereocenters. The van der Waals surface area contributed by atoms with Crippen LogP contribution in [0.5, 0.6) is 0 Å². The number of halogens is 1. The molecule has 1 rings (SSSR count). The lowest BCUT2D eigenvalue weighted by atomic mass is 10.2. The number of hydrogen-bond acceptors (Lipinski definition) is 4. The third-order valence-corrected chi connectivity index (χ3v) is 3.11. The molecule has 0 saturated carbocycles. The van der Waals surface area contributed by atoms with Crippen LogP contribution in [0.4, 0.5) is 4.39 Å². The number of rotatable bonds is 11. The fourth-order valence-corrected chi connectivity index (χ4v) is 1.93. The highest BCUT2D eigenvalue weighted by Gasteiger charge is 2.05. The Morgan fingerprint density at radius 3 is 2.76 bits per heavy atom. The van der Waals surface area contributed by atoms with Crippen molar-refractivity contribution in [3.8, 4) is 0 Å². The molecule has 1 atom stereocenters. The van der Waals surface area contributed by atoms with E-state index in [-0.39, 0.29) is 19.0 Å². The van der Waals surface area contributed by atoms with Crippen LogP contribution >= 0.6 is 0 Å². The van der Waals surface area contributed by atoms with Crippen molar-refractivity contribution in [3.63, 3.8) is 0 Å². The van der Waals surface area contributed by atoms with Gasteiger partial charge in [-0.1, -0.05) is 18.2 Å². The van der Waals surface area contributed by atoms with Gasteiger partial charge in [0.25, 0.3) is 0 Å². The Bertz CT molecular complexity index is 388. The maximum absolute atomic E-state index is 13.3. The molecule has 0 radical (unpaired) electrons. The summed E-state index contributed by atoms with van der Waals surface area (Å²) in [6.07, 6.45) is 1.66. The largest absolute Gasteiger partial charge is 0.389 e. The van der Waals surface area contributed by atoms with E-state index >= 15 is 0 Å². The van der Waals surface area contributed by atoms with Gasteiger partial charge in [-0.2, -0.15) is 0 Å². The van der Waals surface area contributed by atoms with E-state index in [0.29, 0.717) is 12.1 Å². The number of aliphatic hydroxyl groups is 1. The molecule has 0 heterocycles. The summed E-state index contributed by atoms with van der Waals surface area (Å²) in [5.41, 5.74) is 0.515. The number of hydrogen-bond donors (Lipinski definition) is 2. The summed E-state index contributed by atoms with van der Waals surface area (Å²) in [4.78, 5) is 2.16. The van der Waals surface area contributed by atoms with E-state index in [1.165, 1.54) is 6.07 Å². The van der Waals surface area contributed by atoms with Gasteiger partial charge in [0.2, 0.25) is 0 Å². The third-order valence-electron chi connectivity index (χ3n) is 3.11. The molecule has 0 amide bonds. The van der Waals surface area contributed by atoms with E-state index in [1.807, 2.05) is 0 Å². The second-order valence-electron chi connectivity index (χ2n) is 5.47. The second kappa shape index (κ2) is 10.7. The van der Waals surface area contributed by atoms with Crippen molar-refractivity contribution in [3.05, 3.63) is 35.6 Å². The molecule has 0 aliphatic carbocycles. The van der Waals surface area contributed by atoms with Crippen molar-refractivity contribution in [1.82, 2.24) is 10.2 Å². The average molecular weight is 298 g/mol. The van der Waals surface area contributed by atoms with Crippen molar-refractivity contribution in [1.29, 1.82) is 0 Å². The Balaban J connectivity index is 2.01. The minimum atomic E-state index is -0.564. The van der Waals surface area contributed by atoms with E-state index in [1.54, 1.807) is 18.2 Å². The zero-order chi connectivity index (χ0) is 15.5. The summed E-state index contributed by atoms with van der Waals surface area (Å²) in [5.74, 6) is -0.272. The zero-order valence-corrected chi connectivity index (χ0v) is 13.0. The Hall–Kier alpha value is -1.01. The smallest absolute Gasteiger partial charge is 0.128 e. The average Bonchev–Trinajstić information content (AvgIpc) is 2.44. The van der Waals surface area contributed by atoms with E-state index in [0.717, 1.165) is 25.9 Å². The van der Waals surface area contributed by atoms with E-state index in [4.69, 9.17) is 4.74 Å². The van der Waals surface area contributed by atoms with Gasteiger partial charge in [0.05, 0.1) is 19.3 Å². The highest BCUT2D eigenvalue weighted by Crippen LogP contribution is 2.07. The minimum absolute atomic E-state index is 0.187. The van der Waals surface area contributed by atoms with E-state index in [9.17, 15) is 9.50 Å². The standard InChI is InChI=1S/C16H27FN2O2/c1-19(2)10-6-5-9-18-11-15(20)13-21-12-14-7-3-4-8-16(14)17/h3-4,7-8,15,18,20H,5-6,9-13H2,1-2H3. The third kappa shape index (κ3) is 8.78. The van der Waals surface area contributed by atoms with Crippen LogP contribution in [0, 0.1) is 5.82 Å². The van der Waals surface area contributed by atoms with Gasteiger partial charge in [-0.3, -0.25) is 0 Å². The summed E-state index contributed by atoms with van der Waals surface area (Å²) >= 11 is 0. The van der Waals surface area contributed by atoms with Crippen LogP contribution in [0.1, 0.15) is 18.4 Å². The van der Waals surface area contributed by atoms with Gasteiger partial charge in [0.1, 0.15) is 5.82 Å². The van der Waals surface area contributed by atoms with Gasteiger partial charge in [-0.25, -0.2) is 4.39 Å². The zero-order valence-electron chi connectivity index (χ0n) is 13.0. The molecule has 21 heavy (non-hydrogen) atoms. The monoisotopic (exact) mass is 298 g/mol. The molecule has 2 N–H and O–H groups in total. The van der Waals surface area contributed by atoms with Gasteiger partial charge in [0.15, 0.2) is 0 Å². The highest BCUT2D eigenvalue weighted by molar-refractivity contribution is 5.16. The molecule has 0 bridgehead atoms. The Labute approximate surface area is 126 Å². The number of nitrogens with one attached hydrogen (secondary N) is 1. The van der Waals surface area contributed by atoms with Gasteiger partial charge < -0.3 is 20.1 Å². The first-order chi connectivity index (χ1) is 10.1. The molecule has 4 nitrogen and oxygen atoms in total. The summed E-state index contributed by atoms with van der Waals surface area (Å²) < 4.78 is 18.7. The molecular formula is C16H27FN2O2. The van der Waals surface area contributed by atoms with Crippen LogP contribution < -0.4 is 5.32 Å². The fraction of sp³-hybridized carbons (Fsp3) is 0.625. The number of nitrogens with zero attached hydrogens (tertiary/aromatic N) is 1. The maximum atomic E-state index is 13.3.